The van der Waals surface area contributed by atoms with Crippen molar-refractivity contribution in [2.24, 2.45) is 0 Å². The van der Waals surface area contributed by atoms with Crippen molar-refractivity contribution in [2.45, 2.75) is 13.3 Å². The van der Waals surface area contributed by atoms with Crippen LogP contribution in [0.5, 0.6) is 0 Å². The van der Waals surface area contributed by atoms with Crippen molar-refractivity contribution < 1.29 is 0 Å². The Morgan fingerprint density at radius 1 is 1.38 bits per heavy atom. The summed E-state index contributed by atoms with van der Waals surface area (Å²) in [4.78, 5) is 8.41. The van der Waals surface area contributed by atoms with Crippen LogP contribution in [0, 0.1) is 0 Å². The normalized spacial score (nSPS) is 10.5. The Morgan fingerprint density at radius 2 is 2.23 bits per heavy atom. The third kappa shape index (κ3) is 1.45. The number of aryl methyl sites for hydroxylation is 1. The maximum Gasteiger partial charge on any atom is 0.124 e. The van der Waals surface area contributed by atoms with Gasteiger partial charge < -0.3 is 5.73 Å². The molecular formula is C10H11N3. The summed E-state index contributed by atoms with van der Waals surface area (Å²) in [6.45, 7) is 2.08. The van der Waals surface area contributed by atoms with Gasteiger partial charge in [-0.3, -0.25) is 4.98 Å². The monoisotopic (exact) mass is 173 g/mol. The number of hydrogen-bond acceptors (Lipinski definition) is 3. The van der Waals surface area contributed by atoms with Crippen LogP contribution in [0.4, 0.5) is 5.82 Å². The van der Waals surface area contributed by atoms with Crippen LogP contribution in [0.2, 0.25) is 0 Å². The molecule has 0 aromatic carbocycles. The molecule has 3 heteroatoms. The molecule has 2 aromatic heterocycles. The predicted octanol–water partition coefficient (Wildman–Crippen LogP) is 1.77. The molecule has 13 heavy (non-hydrogen) atoms. The van der Waals surface area contributed by atoms with Gasteiger partial charge in [-0.2, -0.15) is 0 Å². The van der Waals surface area contributed by atoms with Crippen molar-refractivity contribution in [3.05, 3.63) is 30.1 Å². The van der Waals surface area contributed by atoms with E-state index in [0.29, 0.717) is 5.82 Å². The number of pyridine rings is 2. The van der Waals surface area contributed by atoms with Gasteiger partial charge in [0.2, 0.25) is 0 Å². The Hall–Kier alpha value is -1.64. The van der Waals surface area contributed by atoms with Crippen molar-refractivity contribution >= 4 is 16.7 Å². The van der Waals surface area contributed by atoms with Gasteiger partial charge in [0.25, 0.3) is 0 Å². The summed E-state index contributed by atoms with van der Waals surface area (Å²) in [6, 6.07) is 5.82. The molecular weight excluding hydrogens is 162 g/mol. The van der Waals surface area contributed by atoms with Crippen molar-refractivity contribution in [3.8, 4) is 0 Å². The van der Waals surface area contributed by atoms with Gasteiger partial charge in [-0.25, -0.2) is 4.98 Å². The standard InChI is InChI=1S/C10H11N3/c1-2-8-5-7-3-4-10(11)13-9(7)6-12-8/h3-6H,2H2,1H3,(H2,11,13). The molecule has 0 fully saturated rings. The van der Waals surface area contributed by atoms with E-state index < -0.39 is 0 Å². The Balaban J connectivity index is 2.66. The Bertz CT molecular complexity index is 437. The number of rotatable bonds is 1. The van der Waals surface area contributed by atoms with Crippen LogP contribution in [-0.2, 0) is 6.42 Å². The number of nitrogens with zero attached hydrogens (tertiary/aromatic N) is 2. The lowest BCUT2D eigenvalue weighted by molar-refractivity contribution is 1.04. The minimum Gasteiger partial charge on any atom is -0.384 e. The van der Waals surface area contributed by atoms with E-state index in [9.17, 15) is 0 Å². The van der Waals surface area contributed by atoms with Crippen molar-refractivity contribution in [1.82, 2.24) is 9.97 Å². The summed E-state index contributed by atoms with van der Waals surface area (Å²) < 4.78 is 0. The average molecular weight is 173 g/mol. The predicted molar refractivity (Wildman–Crippen MR) is 53.3 cm³/mol. The van der Waals surface area contributed by atoms with Crippen LogP contribution in [-0.4, -0.2) is 9.97 Å². The molecule has 2 aromatic rings. The molecule has 0 bridgehead atoms. The second-order valence-corrected chi connectivity index (χ2v) is 2.96. The summed E-state index contributed by atoms with van der Waals surface area (Å²) in [5, 5.41) is 1.10. The summed E-state index contributed by atoms with van der Waals surface area (Å²) in [5.74, 6) is 0.540. The van der Waals surface area contributed by atoms with E-state index in [1.165, 1.54) is 0 Å². The lowest BCUT2D eigenvalue weighted by Gasteiger charge is -2.00. The molecule has 0 amide bonds. The first-order chi connectivity index (χ1) is 6.29. The van der Waals surface area contributed by atoms with E-state index in [4.69, 9.17) is 5.73 Å². The van der Waals surface area contributed by atoms with Gasteiger partial charge in [0, 0.05) is 11.1 Å². The second kappa shape index (κ2) is 3.01. The van der Waals surface area contributed by atoms with Crippen LogP contribution in [0.15, 0.2) is 24.4 Å². The maximum absolute atomic E-state index is 5.56. The van der Waals surface area contributed by atoms with Crippen LogP contribution in [0.25, 0.3) is 10.9 Å². The van der Waals surface area contributed by atoms with Crippen LogP contribution < -0.4 is 5.73 Å². The van der Waals surface area contributed by atoms with E-state index in [-0.39, 0.29) is 0 Å². The fourth-order valence-corrected chi connectivity index (χ4v) is 1.28. The molecule has 0 radical (unpaired) electrons. The van der Waals surface area contributed by atoms with Crippen LogP contribution >= 0.6 is 0 Å². The zero-order valence-electron chi connectivity index (χ0n) is 7.49. The number of anilines is 1. The van der Waals surface area contributed by atoms with Gasteiger partial charge >= 0.3 is 0 Å². The summed E-state index contributed by atoms with van der Waals surface area (Å²) >= 11 is 0. The lowest BCUT2D eigenvalue weighted by Crippen LogP contribution is -1.92. The zero-order chi connectivity index (χ0) is 9.26. The number of nitrogen functional groups attached to an aromatic ring is 1. The highest BCUT2D eigenvalue weighted by atomic mass is 14.8. The molecule has 0 saturated heterocycles. The van der Waals surface area contributed by atoms with Crippen molar-refractivity contribution in [3.63, 3.8) is 0 Å². The minimum absolute atomic E-state index is 0.540. The highest BCUT2D eigenvalue weighted by molar-refractivity contribution is 5.79. The van der Waals surface area contributed by atoms with Crippen molar-refractivity contribution in [2.75, 3.05) is 5.73 Å². The molecule has 2 rings (SSSR count). The molecule has 2 heterocycles. The SMILES string of the molecule is CCc1cc2ccc(N)nc2cn1. The van der Waals surface area contributed by atoms with E-state index in [0.717, 1.165) is 23.0 Å². The molecule has 66 valence electrons. The first-order valence-electron chi connectivity index (χ1n) is 4.31. The topological polar surface area (TPSA) is 51.8 Å². The molecule has 0 unspecified atom stereocenters. The second-order valence-electron chi connectivity index (χ2n) is 2.96. The first kappa shape index (κ1) is 7.98. The highest BCUT2D eigenvalue weighted by Gasteiger charge is 1.97. The van der Waals surface area contributed by atoms with Crippen molar-refractivity contribution in [1.29, 1.82) is 0 Å². The van der Waals surface area contributed by atoms with E-state index in [1.54, 1.807) is 6.20 Å². The van der Waals surface area contributed by atoms with Gasteiger partial charge in [-0.15, -0.1) is 0 Å². The fraction of sp³-hybridized carbons (Fsp3) is 0.200. The molecule has 0 atom stereocenters. The lowest BCUT2D eigenvalue weighted by atomic mass is 10.2. The third-order valence-electron chi connectivity index (χ3n) is 2.02. The van der Waals surface area contributed by atoms with Crippen LogP contribution in [0.3, 0.4) is 0 Å². The van der Waals surface area contributed by atoms with Crippen LogP contribution in [0.1, 0.15) is 12.6 Å². The highest BCUT2D eigenvalue weighted by Crippen LogP contribution is 2.13. The molecule has 2 N–H and O–H groups in total. The summed E-state index contributed by atoms with van der Waals surface area (Å²) in [7, 11) is 0. The van der Waals surface area contributed by atoms with Gasteiger partial charge in [0.15, 0.2) is 0 Å². The Kier molecular flexibility index (Phi) is 1.85. The molecule has 0 aliphatic carbocycles. The molecule has 0 spiro atoms. The number of nitrogens with two attached hydrogens (primary N) is 1. The molecule has 0 aliphatic rings. The molecule has 0 aliphatic heterocycles. The smallest absolute Gasteiger partial charge is 0.124 e. The quantitative estimate of drug-likeness (QED) is 0.715. The van der Waals surface area contributed by atoms with Gasteiger partial charge in [0.1, 0.15) is 5.82 Å². The first-order valence-corrected chi connectivity index (χ1v) is 4.31. The Labute approximate surface area is 76.6 Å². The molecule has 3 nitrogen and oxygen atoms in total. The van der Waals surface area contributed by atoms with Gasteiger partial charge in [0.05, 0.1) is 11.7 Å². The summed E-state index contributed by atoms with van der Waals surface area (Å²) in [6.07, 6.45) is 2.71. The summed E-state index contributed by atoms with van der Waals surface area (Å²) in [5.41, 5.74) is 7.50. The fourth-order valence-electron chi connectivity index (χ4n) is 1.28. The third-order valence-corrected chi connectivity index (χ3v) is 2.02. The number of hydrogen-bond donors (Lipinski definition) is 1. The number of fused-ring (bicyclic) bond motifs is 1. The zero-order valence-corrected chi connectivity index (χ0v) is 7.49. The van der Waals surface area contributed by atoms with E-state index in [1.807, 2.05) is 18.2 Å². The number of aromatic nitrogens is 2. The minimum atomic E-state index is 0.540. The van der Waals surface area contributed by atoms with E-state index in [2.05, 4.69) is 16.9 Å². The maximum atomic E-state index is 5.56. The Morgan fingerprint density at radius 3 is 3.00 bits per heavy atom. The molecule has 0 saturated carbocycles. The van der Waals surface area contributed by atoms with Gasteiger partial charge in [-0.05, 0) is 24.6 Å². The van der Waals surface area contributed by atoms with Gasteiger partial charge in [-0.1, -0.05) is 6.92 Å². The largest absolute Gasteiger partial charge is 0.384 e. The van der Waals surface area contributed by atoms with E-state index >= 15 is 0 Å². The average Bonchev–Trinajstić information content (AvgIpc) is 2.17.